The summed E-state index contributed by atoms with van der Waals surface area (Å²) < 4.78 is 5.28. The van der Waals surface area contributed by atoms with Gasteiger partial charge in [-0.3, -0.25) is 4.79 Å². The van der Waals surface area contributed by atoms with Gasteiger partial charge in [0.1, 0.15) is 6.10 Å². The summed E-state index contributed by atoms with van der Waals surface area (Å²) in [5, 5.41) is 0. The molecule has 0 amide bonds. The molecule has 1 heterocycles. The fraction of sp³-hybridized carbons (Fsp3) is 0.889. The van der Waals surface area contributed by atoms with Crippen LogP contribution in [-0.4, -0.2) is 12.1 Å². The first-order chi connectivity index (χ1) is 5.27. The van der Waals surface area contributed by atoms with E-state index in [0.29, 0.717) is 5.92 Å². The minimum Gasteiger partial charge on any atom is -0.462 e. The van der Waals surface area contributed by atoms with Crippen LogP contribution in [0.4, 0.5) is 0 Å². The van der Waals surface area contributed by atoms with Crippen molar-refractivity contribution in [2.75, 3.05) is 0 Å². The minimum atomic E-state index is 0.0214. The molecule has 0 unspecified atom stereocenters. The molecular weight excluding hydrogens is 140 g/mol. The highest BCUT2D eigenvalue weighted by atomic mass is 16.5. The molecule has 0 aromatic carbocycles. The number of rotatable bonds is 0. The molecule has 0 N–H and O–H groups in total. The number of hydrogen-bond donors (Lipinski definition) is 0. The molecule has 11 heavy (non-hydrogen) atoms. The zero-order chi connectivity index (χ0) is 7.84. The average molecular weight is 154 g/mol. The predicted molar refractivity (Wildman–Crippen MR) is 41.0 cm³/mol. The Morgan fingerprint density at radius 3 is 3.09 bits per heavy atom. The van der Waals surface area contributed by atoms with E-state index in [9.17, 15) is 4.79 Å². The summed E-state index contributed by atoms with van der Waals surface area (Å²) >= 11 is 0. The first-order valence-corrected chi connectivity index (χ1v) is 4.48. The van der Waals surface area contributed by atoms with Gasteiger partial charge in [0.25, 0.3) is 0 Å². The van der Waals surface area contributed by atoms with Crippen LogP contribution in [0.2, 0.25) is 0 Å². The molecule has 2 fully saturated rings. The Kier molecular flexibility index (Phi) is 1.63. The number of carbonyl (C=O) groups is 1. The maximum Gasteiger partial charge on any atom is 0.308 e. The third kappa shape index (κ3) is 1.15. The van der Waals surface area contributed by atoms with Gasteiger partial charge in [-0.2, -0.15) is 0 Å². The Morgan fingerprint density at radius 2 is 2.27 bits per heavy atom. The summed E-state index contributed by atoms with van der Waals surface area (Å²) in [6, 6.07) is 0. The predicted octanol–water partition coefficient (Wildman–Crippen LogP) is 1.74. The van der Waals surface area contributed by atoms with Gasteiger partial charge in [0.15, 0.2) is 0 Å². The molecule has 0 aromatic rings. The highest BCUT2D eigenvalue weighted by molar-refractivity contribution is 5.73. The highest BCUT2D eigenvalue weighted by Gasteiger charge is 2.37. The largest absolute Gasteiger partial charge is 0.462 e. The van der Waals surface area contributed by atoms with E-state index in [0.717, 1.165) is 12.8 Å². The fourth-order valence-corrected chi connectivity index (χ4v) is 2.24. The summed E-state index contributed by atoms with van der Waals surface area (Å²) in [7, 11) is 0. The van der Waals surface area contributed by atoms with Crippen LogP contribution in [0.25, 0.3) is 0 Å². The van der Waals surface area contributed by atoms with Crippen molar-refractivity contribution in [3.8, 4) is 0 Å². The second kappa shape index (κ2) is 2.50. The van der Waals surface area contributed by atoms with Crippen LogP contribution in [-0.2, 0) is 9.53 Å². The van der Waals surface area contributed by atoms with Crippen molar-refractivity contribution in [1.29, 1.82) is 0 Å². The molecule has 2 nitrogen and oxygen atoms in total. The van der Waals surface area contributed by atoms with Gasteiger partial charge in [-0.05, 0) is 31.6 Å². The molecule has 2 aliphatic rings. The lowest BCUT2D eigenvalue weighted by Gasteiger charge is -2.28. The molecule has 0 bridgehead atoms. The van der Waals surface area contributed by atoms with Crippen LogP contribution >= 0.6 is 0 Å². The van der Waals surface area contributed by atoms with Crippen molar-refractivity contribution in [3.05, 3.63) is 0 Å². The Labute approximate surface area is 66.9 Å². The van der Waals surface area contributed by atoms with Gasteiger partial charge in [-0.15, -0.1) is 0 Å². The van der Waals surface area contributed by atoms with Crippen LogP contribution in [0, 0.1) is 11.8 Å². The first-order valence-electron chi connectivity index (χ1n) is 4.48. The Hall–Kier alpha value is -0.530. The number of carbonyl (C=O) groups excluding carboxylic acids is 1. The minimum absolute atomic E-state index is 0.0214. The van der Waals surface area contributed by atoms with E-state index in [1.54, 1.807) is 0 Å². The van der Waals surface area contributed by atoms with Crippen molar-refractivity contribution in [1.82, 2.24) is 0 Å². The second-order valence-electron chi connectivity index (χ2n) is 3.80. The topological polar surface area (TPSA) is 26.3 Å². The van der Waals surface area contributed by atoms with E-state index in [-0.39, 0.29) is 18.0 Å². The molecule has 0 aromatic heterocycles. The number of ether oxygens (including phenoxy) is 1. The number of esters is 1. The summed E-state index contributed by atoms with van der Waals surface area (Å²) in [6.07, 6.45) is 4.95. The Balaban J connectivity index is 2.06. The fourth-order valence-electron chi connectivity index (χ4n) is 2.24. The summed E-state index contributed by atoms with van der Waals surface area (Å²) in [4.78, 5) is 11.1. The van der Waals surface area contributed by atoms with Crippen molar-refractivity contribution < 1.29 is 9.53 Å². The van der Waals surface area contributed by atoms with E-state index < -0.39 is 0 Å². The lowest BCUT2D eigenvalue weighted by atomic mass is 9.90. The zero-order valence-electron chi connectivity index (χ0n) is 6.88. The average Bonchev–Trinajstić information content (AvgIpc) is 2.36. The normalized spacial score (nSPS) is 43.4. The SMILES string of the molecule is C[C@@H]1C[C@H]2CCC[C@@H]2OC1=O. The molecule has 0 spiro atoms. The lowest BCUT2D eigenvalue weighted by molar-refractivity contribution is -0.162. The van der Waals surface area contributed by atoms with Gasteiger partial charge >= 0.3 is 5.97 Å². The monoisotopic (exact) mass is 154 g/mol. The number of fused-ring (bicyclic) bond motifs is 1. The van der Waals surface area contributed by atoms with Crippen LogP contribution in [0.15, 0.2) is 0 Å². The van der Waals surface area contributed by atoms with Crippen molar-refractivity contribution >= 4 is 5.97 Å². The van der Waals surface area contributed by atoms with Gasteiger partial charge in [0, 0.05) is 0 Å². The van der Waals surface area contributed by atoms with Gasteiger partial charge in [0.05, 0.1) is 5.92 Å². The van der Waals surface area contributed by atoms with Gasteiger partial charge in [-0.25, -0.2) is 0 Å². The van der Waals surface area contributed by atoms with Gasteiger partial charge in [-0.1, -0.05) is 6.92 Å². The molecule has 2 rings (SSSR count). The Bertz CT molecular complexity index is 176. The van der Waals surface area contributed by atoms with Crippen LogP contribution in [0.1, 0.15) is 32.6 Å². The Morgan fingerprint density at radius 1 is 1.45 bits per heavy atom. The molecular formula is C9H14O2. The van der Waals surface area contributed by atoms with Crippen molar-refractivity contribution in [2.45, 2.75) is 38.7 Å². The molecule has 2 heteroatoms. The first kappa shape index (κ1) is 7.14. The van der Waals surface area contributed by atoms with Gasteiger partial charge in [0.2, 0.25) is 0 Å². The standard InChI is InChI=1S/C9H14O2/c1-6-5-7-3-2-4-8(7)11-9(6)10/h6-8H,2-5H2,1H3/t6-,7-,8+/m1/s1. The van der Waals surface area contributed by atoms with Crippen LogP contribution in [0.3, 0.4) is 0 Å². The van der Waals surface area contributed by atoms with Gasteiger partial charge < -0.3 is 4.74 Å². The lowest BCUT2D eigenvalue weighted by Crippen LogP contribution is -2.33. The van der Waals surface area contributed by atoms with E-state index in [4.69, 9.17) is 4.74 Å². The van der Waals surface area contributed by atoms with E-state index in [2.05, 4.69) is 0 Å². The van der Waals surface area contributed by atoms with E-state index >= 15 is 0 Å². The van der Waals surface area contributed by atoms with Crippen LogP contribution in [0.5, 0.6) is 0 Å². The van der Waals surface area contributed by atoms with Crippen molar-refractivity contribution in [3.63, 3.8) is 0 Å². The molecule has 1 saturated carbocycles. The smallest absolute Gasteiger partial charge is 0.308 e. The highest BCUT2D eigenvalue weighted by Crippen LogP contribution is 2.37. The van der Waals surface area contributed by atoms with E-state index in [1.165, 1.54) is 12.8 Å². The molecule has 1 aliphatic heterocycles. The molecule has 3 atom stereocenters. The van der Waals surface area contributed by atoms with Crippen LogP contribution < -0.4 is 0 Å². The molecule has 62 valence electrons. The van der Waals surface area contributed by atoms with Crippen molar-refractivity contribution in [2.24, 2.45) is 11.8 Å². The number of hydrogen-bond acceptors (Lipinski definition) is 2. The zero-order valence-corrected chi connectivity index (χ0v) is 6.88. The molecule has 1 aliphatic carbocycles. The molecule has 1 saturated heterocycles. The maximum absolute atomic E-state index is 11.1. The molecule has 0 radical (unpaired) electrons. The van der Waals surface area contributed by atoms with E-state index in [1.807, 2.05) is 6.92 Å². The summed E-state index contributed by atoms with van der Waals surface area (Å²) in [6.45, 7) is 1.97. The third-order valence-electron chi connectivity index (χ3n) is 2.92. The second-order valence-corrected chi connectivity index (χ2v) is 3.80. The third-order valence-corrected chi connectivity index (χ3v) is 2.92. The quantitative estimate of drug-likeness (QED) is 0.497. The maximum atomic E-state index is 11.1. The summed E-state index contributed by atoms with van der Waals surface area (Å²) in [5.41, 5.74) is 0. The summed E-state index contributed by atoms with van der Waals surface area (Å²) in [5.74, 6) is 0.852.